The number of nitrogens with zero attached hydrogens (tertiary/aromatic N) is 3. The Bertz CT molecular complexity index is 988. The summed E-state index contributed by atoms with van der Waals surface area (Å²) in [5.74, 6) is -1.22. The monoisotopic (exact) mass is 367 g/mol. The second-order valence-corrected chi connectivity index (χ2v) is 5.79. The van der Waals surface area contributed by atoms with E-state index in [1.165, 1.54) is 13.2 Å². The Balaban J connectivity index is 1.42. The average molecular weight is 367 g/mol. The zero-order valence-electron chi connectivity index (χ0n) is 14.1. The van der Waals surface area contributed by atoms with E-state index in [1.54, 1.807) is 36.4 Å². The number of aromatic nitrogens is 2. The number of carbonyl (C=O) groups is 3. The molecular formula is C18H13N3O6. The van der Waals surface area contributed by atoms with Gasteiger partial charge in [-0.15, -0.1) is 10.2 Å². The van der Waals surface area contributed by atoms with Crippen LogP contribution >= 0.6 is 0 Å². The number of hydrogen-bond donors (Lipinski definition) is 0. The fraction of sp³-hybridized carbons (Fsp3) is 0.167. The number of imide groups is 1. The maximum atomic E-state index is 12.4. The van der Waals surface area contributed by atoms with Crippen molar-refractivity contribution in [3.05, 3.63) is 59.7 Å². The molecule has 9 nitrogen and oxygen atoms in total. The Morgan fingerprint density at radius 2 is 1.81 bits per heavy atom. The van der Waals surface area contributed by atoms with E-state index in [-0.39, 0.29) is 29.5 Å². The predicted octanol–water partition coefficient (Wildman–Crippen LogP) is 2.06. The van der Waals surface area contributed by atoms with Crippen LogP contribution in [0.3, 0.4) is 0 Å². The second kappa shape index (κ2) is 6.52. The largest absolute Gasteiger partial charge is 0.459 e. The Kier molecular flexibility index (Phi) is 4.03. The molecule has 136 valence electrons. The number of fused-ring (bicyclic) bond motifs is 1. The number of ether oxygens (including phenoxy) is 1. The van der Waals surface area contributed by atoms with E-state index in [1.807, 2.05) is 0 Å². The molecule has 1 aliphatic heterocycles. The lowest BCUT2D eigenvalue weighted by Gasteiger charge is -2.20. The maximum absolute atomic E-state index is 12.4. The van der Waals surface area contributed by atoms with Gasteiger partial charge in [0.25, 0.3) is 23.6 Å². The molecular weight excluding hydrogens is 354 g/mol. The molecule has 0 saturated heterocycles. The van der Waals surface area contributed by atoms with E-state index in [9.17, 15) is 14.4 Å². The molecule has 0 unspecified atom stereocenters. The molecule has 27 heavy (non-hydrogen) atoms. The summed E-state index contributed by atoms with van der Waals surface area (Å²) in [5, 5.41) is 7.55. The molecule has 0 bridgehead atoms. The molecule has 4 rings (SSSR count). The Hall–Kier alpha value is -3.75. The van der Waals surface area contributed by atoms with Crippen molar-refractivity contribution in [1.29, 1.82) is 0 Å². The molecule has 0 fully saturated rings. The van der Waals surface area contributed by atoms with Gasteiger partial charge in [0.05, 0.1) is 17.4 Å². The first-order chi connectivity index (χ1) is 13.1. The molecule has 0 aliphatic carbocycles. The van der Waals surface area contributed by atoms with Gasteiger partial charge in [-0.1, -0.05) is 12.1 Å². The topological polar surface area (TPSA) is 116 Å². The number of furan rings is 1. The smallest absolute Gasteiger partial charge is 0.329 e. The van der Waals surface area contributed by atoms with Crippen molar-refractivity contribution in [1.82, 2.24) is 15.1 Å². The summed E-state index contributed by atoms with van der Waals surface area (Å²) < 4.78 is 15.6. The maximum Gasteiger partial charge on any atom is 0.329 e. The normalized spacial score (nSPS) is 14.3. The van der Waals surface area contributed by atoms with Crippen molar-refractivity contribution < 1.29 is 28.0 Å². The summed E-state index contributed by atoms with van der Waals surface area (Å²) in [6, 6.07) is 8.62. The summed E-state index contributed by atoms with van der Waals surface area (Å²) >= 11 is 0. The minimum Gasteiger partial charge on any atom is -0.459 e. The molecule has 0 radical (unpaired) electrons. The van der Waals surface area contributed by atoms with Crippen LogP contribution in [0.1, 0.15) is 33.5 Å². The van der Waals surface area contributed by atoms with E-state index in [0.717, 1.165) is 4.90 Å². The molecule has 0 saturated carbocycles. The quantitative estimate of drug-likeness (QED) is 0.497. The molecule has 3 aromatic rings. The van der Waals surface area contributed by atoms with E-state index < -0.39 is 23.8 Å². The van der Waals surface area contributed by atoms with Crippen LogP contribution in [0, 0.1) is 0 Å². The molecule has 0 N–H and O–H groups in total. The third kappa shape index (κ3) is 2.88. The summed E-state index contributed by atoms with van der Waals surface area (Å²) in [7, 11) is 0. The van der Waals surface area contributed by atoms with E-state index in [0.29, 0.717) is 5.76 Å². The van der Waals surface area contributed by atoms with Gasteiger partial charge in [-0.2, -0.15) is 0 Å². The highest BCUT2D eigenvalue weighted by molar-refractivity contribution is 6.22. The van der Waals surface area contributed by atoms with Gasteiger partial charge in [0, 0.05) is 0 Å². The summed E-state index contributed by atoms with van der Waals surface area (Å²) in [6.07, 6.45) is 1.46. The van der Waals surface area contributed by atoms with Gasteiger partial charge in [0.15, 0.2) is 12.4 Å². The molecule has 9 heteroatoms. The molecule has 2 amide bonds. The standard InChI is InChI=1S/C18H13N3O6/c1-10(21-16(22)11-5-2-3-6-12(11)17(21)23)18(24)26-9-14-19-20-15(27-14)13-7-4-8-25-13/h2-8,10H,9H2,1H3/t10-/m1/s1. The lowest BCUT2D eigenvalue weighted by molar-refractivity contribution is -0.149. The third-order valence-corrected chi connectivity index (χ3v) is 4.09. The zero-order chi connectivity index (χ0) is 19.0. The minimum absolute atomic E-state index is 0.0595. The summed E-state index contributed by atoms with van der Waals surface area (Å²) in [6.45, 7) is 1.13. The van der Waals surface area contributed by atoms with Crippen LogP contribution in [-0.4, -0.2) is 38.9 Å². The molecule has 3 heterocycles. The minimum atomic E-state index is -1.09. The molecule has 1 atom stereocenters. The van der Waals surface area contributed by atoms with Crippen LogP contribution < -0.4 is 0 Å². The third-order valence-electron chi connectivity index (χ3n) is 4.09. The van der Waals surface area contributed by atoms with Gasteiger partial charge in [-0.3, -0.25) is 14.5 Å². The van der Waals surface area contributed by atoms with Crippen LogP contribution in [0.2, 0.25) is 0 Å². The first-order valence-electron chi connectivity index (χ1n) is 8.06. The molecule has 0 spiro atoms. The Morgan fingerprint density at radius 1 is 1.11 bits per heavy atom. The SMILES string of the molecule is C[C@H](C(=O)OCc1nnc(-c2ccco2)o1)N1C(=O)c2ccccc2C1=O. The predicted molar refractivity (Wildman–Crippen MR) is 88.2 cm³/mol. The number of hydrogen-bond acceptors (Lipinski definition) is 8. The van der Waals surface area contributed by atoms with E-state index >= 15 is 0 Å². The zero-order valence-corrected chi connectivity index (χ0v) is 14.1. The number of amides is 2. The number of esters is 1. The van der Waals surface area contributed by atoms with Gasteiger partial charge < -0.3 is 13.6 Å². The number of carbonyl (C=O) groups excluding carboxylic acids is 3. The highest BCUT2D eigenvalue weighted by Crippen LogP contribution is 2.25. The van der Waals surface area contributed by atoms with Crippen LogP contribution in [0.4, 0.5) is 0 Å². The summed E-state index contributed by atoms with van der Waals surface area (Å²) in [4.78, 5) is 38.0. The van der Waals surface area contributed by atoms with Gasteiger partial charge >= 0.3 is 5.97 Å². The van der Waals surface area contributed by atoms with Gasteiger partial charge in [0.1, 0.15) is 6.04 Å². The average Bonchev–Trinajstić information content (AvgIpc) is 3.41. The Morgan fingerprint density at radius 3 is 2.44 bits per heavy atom. The first-order valence-corrected chi connectivity index (χ1v) is 8.06. The van der Waals surface area contributed by atoms with Gasteiger partial charge in [-0.25, -0.2) is 4.79 Å². The van der Waals surface area contributed by atoms with Crippen molar-refractivity contribution in [3.63, 3.8) is 0 Å². The fourth-order valence-corrected chi connectivity index (χ4v) is 2.73. The van der Waals surface area contributed by atoms with Crippen molar-refractivity contribution in [2.24, 2.45) is 0 Å². The lowest BCUT2D eigenvalue weighted by Crippen LogP contribution is -2.43. The lowest BCUT2D eigenvalue weighted by atomic mass is 10.1. The molecule has 1 aromatic carbocycles. The highest BCUT2D eigenvalue weighted by atomic mass is 16.5. The van der Waals surface area contributed by atoms with Crippen LogP contribution in [-0.2, 0) is 16.1 Å². The van der Waals surface area contributed by atoms with Crippen LogP contribution in [0.25, 0.3) is 11.7 Å². The van der Waals surface area contributed by atoms with Crippen LogP contribution in [0.15, 0.2) is 51.5 Å². The van der Waals surface area contributed by atoms with E-state index in [2.05, 4.69) is 10.2 Å². The first kappa shape index (κ1) is 16.7. The number of rotatable bonds is 5. The van der Waals surface area contributed by atoms with Crippen molar-refractivity contribution in [2.75, 3.05) is 0 Å². The van der Waals surface area contributed by atoms with E-state index in [4.69, 9.17) is 13.6 Å². The Labute approximate surface area is 152 Å². The van der Waals surface area contributed by atoms with Crippen LogP contribution in [0.5, 0.6) is 0 Å². The summed E-state index contributed by atoms with van der Waals surface area (Å²) in [5.41, 5.74) is 0.532. The van der Waals surface area contributed by atoms with Gasteiger partial charge in [-0.05, 0) is 31.2 Å². The second-order valence-electron chi connectivity index (χ2n) is 5.79. The van der Waals surface area contributed by atoms with Gasteiger partial charge in [0.2, 0.25) is 0 Å². The fourth-order valence-electron chi connectivity index (χ4n) is 2.73. The van der Waals surface area contributed by atoms with Crippen molar-refractivity contribution in [3.8, 4) is 11.7 Å². The highest BCUT2D eigenvalue weighted by Gasteiger charge is 2.41. The molecule has 1 aliphatic rings. The van der Waals surface area contributed by atoms with Crippen molar-refractivity contribution in [2.45, 2.75) is 19.6 Å². The van der Waals surface area contributed by atoms with Crippen molar-refractivity contribution >= 4 is 17.8 Å². The number of benzene rings is 1. The molecule has 2 aromatic heterocycles.